The van der Waals surface area contributed by atoms with E-state index in [0.29, 0.717) is 24.5 Å². The maximum atomic E-state index is 9.10. The molecule has 0 amide bonds. The lowest BCUT2D eigenvalue weighted by Gasteiger charge is -2.42. The molecule has 0 aromatic carbocycles. The highest BCUT2D eigenvalue weighted by atomic mass is 16.3. The molecule has 0 bridgehead atoms. The van der Waals surface area contributed by atoms with Gasteiger partial charge in [0.05, 0.1) is 0 Å². The molecule has 2 aliphatic rings. The van der Waals surface area contributed by atoms with Crippen molar-refractivity contribution in [3.63, 3.8) is 0 Å². The largest absolute Gasteiger partial charge is 0.396 e. The standard InChI is InChI=1S/C16H32N2O/c1-12-8-13(2)15(16(17)9-12)11-18-6-3-4-14(10-18)5-7-19/h12-16,19H,3-11,17H2,1-2H3. The molecule has 1 aliphatic heterocycles. The van der Waals surface area contributed by atoms with Crippen LogP contribution in [-0.2, 0) is 0 Å². The van der Waals surface area contributed by atoms with Gasteiger partial charge < -0.3 is 15.7 Å². The van der Waals surface area contributed by atoms with Gasteiger partial charge in [-0.3, -0.25) is 0 Å². The van der Waals surface area contributed by atoms with E-state index in [4.69, 9.17) is 10.8 Å². The zero-order chi connectivity index (χ0) is 13.8. The maximum Gasteiger partial charge on any atom is 0.0434 e. The molecular weight excluding hydrogens is 236 g/mol. The van der Waals surface area contributed by atoms with Gasteiger partial charge in [-0.15, -0.1) is 0 Å². The molecule has 2 fully saturated rings. The summed E-state index contributed by atoms with van der Waals surface area (Å²) in [7, 11) is 0. The first-order chi connectivity index (χ1) is 9.10. The Balaban J connectivity index is 1.85. The molecule has 3 heteroatoms. The lowest BCUT2D eigenvalue weighted by molar-refractivity contribution is 0.0830. The summed E-state index contributed by atoms with van der Waals surface area (Å²) in [4.78, 5) is 2.61. The molecule has 112 valence electrons. The minimum Gasteiger partial charge on any atom is -0.396 e. The predicted molar refractivity (Wildman–Crippen MR) is 79.9 cm³/mol. The Morgan fingerprint density at radius 2 is 2.05 bits per heavy atom. The molecule has 1 saturated carbocycles. The van der Waals surface area contributed by atoms with Crippen LogP contribution in [-0.4, -0.2) is 42.3 Å². The average Bonchev–Trinajstić information content (AvgIpc) is 2.35. The fourth-order valence-electron chi connectivity index (χ4n) is 4.32. The van der Waals surface area contributed by atoms with Gasteiger partial charge in [0.25, 0.3) is 0 Å². The first kappa shape index (κ1) is 15.3. The summed E-state index contributed by atoms with van der Waals surface area (Å²) in [5.41, 5.74) is 6.40. The molecule has 3 N–H and O–H groups in total. The van der Waals surface area contributed by atoms with Crippen molar-refractivity contribution in [1.29, 1.82) is 0 Å². The lowest BCUT2D eigenvalue weighted by Crippen LogP contribution is -2.48. The fourth-order valence-corrected chi connectivity index (χ4v) is 4.32. The van der Waals surface area contributed by atoms with E-state index >= 15 is 0 Å². The van der Waals surface area contributed by atoms with Crippen molar-refractivity contribution in [1.82, 2.24) is 4.90 Å². The van der Waals surface area contributed by atoms with Gasteiger partial charge in [0.1, 0.15) is 0 Å². The Labute approximate surface area is 118 Å². The minimum atomic E-state index is 0.343. The Bertz CT molecular complexity index is 257. The van der Waals surface area contributed by atoms with Crippen molar-refractivity contribution in [3.05, 3.63) is 0 Å². The zero-order valence-electron chi connectivity index (χ0n) is 12.7. The van der Waals surface area contributed by atoms with Crippen LogP contribution < -0.4 is 5.73 Å². The smallest absolute Gasteiger partial charge is 0.0434 e. The summed E-state index contributed by atoms with van der Waals surface area (Å²) < 4.78 is 0. The van der Waals surface area contributed by atoms with Gasteiger partial charge in [-0.1, -0.05) is 13.8 Å². The number of likely N-dealkylation sites (tertiary alicyclic amines) is 1. The number of aliphatic hydroxyl groups is 1. The number of nitrogens with two attached hydrogens (primary N) is 1. The molecule has 1 heterocycles. The molecule has 0 aromatic rings. The lowest BCUT2D eigenvalue weighted by atomic mass is 9.72. The molecule has 0 spiro atoms. The van der Waals surface area contributed by atoms with E-state index in [2.05, 4.69) is 18.7 Å². The van der Waals surface area contributed by atoms with Crippen LogP contribution in [0.4, 0.5) is 0 Å². The van der Waals surface area contributed by atoms with Gasteiger partial charge in [0, 0.05) is 25.7 Å². The van der Waals surface area contributed by atoms with Gasteiger partial charge >= 0.3 is 0 Å². The van der Waals surface area contributed by atoms with Crippen molar-refractivity contribution in [2.24, 2.45) is 29.4 Å². The number of nitrogens with zero attached hydrogens (tertiary/aromatic N) is 1. The molecule has 3 nitrogen and oxygen atoms in total. The monoisotopic (exact) mass is 268 g/mol. The molecule has 5 unspecified atom stereocenters. The second kappa shape index (κ2) is 7.05. The summed E-state index contributed by atoms with van der Waals surface area (Å²) in [6.45, 7) is 8.64. The first-order valence-electron chi connectivity index (χ1n) is 8.19. The van der Waals surface area contributed by atoms with E-state index in [1.807, 2.05) is 0 Å². The van der Waals surface area contributed by atoms with E-state index in [1.54, 1.807) is 0 Å². The summed E-state index contributed by atoms with van der Waals surface area (Å²) >= 11 is 0. The molecule has 1 saturated heterocycles. The van der Waals surface area contributed by atoms with Crippen LogP contribution in [0.2, 0.25) is 0 Å². The minimum absolute atomic E-state index is 0.343. The van der Waals surface area contributed by atoms with Crippen molar-refractivity contribution < 1.29 is 5.11 Å². The normalized spacial score (nSPS) is 41.4. The first-order valence-corrected chi connectivity index (χ1v) is 8.19. The highest BCUT2D eigenvalue weighted by molar-refractivity contribution is 4.88. The van der Waals surface area contributed by atoms with Gasteiger partial charge in [-0.2, -0.15) is 0 Å². The quantitative estimate of drug-likeness (QED) is 0.821. The Morgan fingerprint density at radius 3 is 2.74 bits per heavy atom. The molecule has 19 heavy (non-hydrogen) atoms. The third-order valence-corrected chi connectivity index (χ3v) is 5.34. The molecule has 5 atom stereocenters. The summed E-state index contributed by atoms with van der Waals surface area (Å²) in [5, 5.41) is 9.10. The molecule has 2 rings (SSSR count). The van der Waals surface area contributed by atoms with Crippen molar-refractivity contribution in [2.45, 2.75) is 52.0 Å². The van der Waals surface area contributed by atoms with Crippen LogP contribution in [0.15, 0.2) is 0 Å². The summed E-state index contributed by atoms with van der Waals surface area (Å²) in [6.07, 6.45) is 6.09. The van der Waals surface area contributed by atoms with Crippen LogP contribution in [0.5, 0.6) is 0 Å². The molecule has 0 aromatic heterocycles. The number of aliphatic hydroxyl groups excluding tert-OH is 1. The van der Waals surface area contributed by atoms with E-state index in [9.17, 15) is 0 Å². The third kappa shape index (κ3) is 4.17. The zero-order valence-corrected chi connectivity index (χ0v) is 12.7. The molecular formula is C16H32N2O. The van der Waals surface area contributed by atoms with E-state index in [1.165, 1.54) is 45.3 Å². The van der Waals surface area contributed by atoms with Crippen LogP contribution in [0, 0.1) is 23.7 Å². The topological polar surface area (TPSA) is 49.5 Å². The van der Waals surface area contributed by atoms with Gasteiger partial charge in [0.2, 0.25) is 0 Å². The van der Waals surface area contributed by atoms with Crippen molar-refractivity contribution in [2.75, 3.05) is 26.2 Å². The average molecular weight is 268 g/mol. The highest BCUT2D eigenvalue weighted by Crippen LogP contribution is 2.34. The van der Waals surface area contributed by atoms with Crippen LogP contribution in [0.25, 0.3) is 0 Å². The van der Waals surface area contributed by atoms with Gasteiger partial charge in [-0.25, -0.2) is 0 Å². The summed E-state index contributed by atoms with van der Waals surface area (Å²) in [5.74, 6) is 2.93. The number of hydrogen-bond acceptors (Lipinski definition) is 3. The van der Waals surface area contributed by atoms with Gasteiger partial charge in [-0.05, 0) is 62.3 Å². The second-order valence-electron chi connectivity index (χ2n) is 7.16. The van der Waals surface area contributed by atoms with Gasteiger partial charge in [0.15, 0.2) is 0 Å². The van der Waals surface area contributed by atoms with Crippen molar-refractivity contribution in [3.8, 4) is 0 Å². The predicted octanol–water partition coefficient (Wildman–Crippen LogP) is 2.09. The van der Waals surface area contributed by atoms with Crippen LogP contribution in [0.1, 0.15) is 46.0 Å². The SMILES string of the molecule is CC1CC(C)C(CN2CCCC(CCO)C2)C(N)C1. The van der Waals surface area contributed by atoms with E-state index in [0.717, 1.165) is 18.3 Å². The number of rotatable bonds is 4. The van der Waals surface area contributed by atoms with E-state index in [-0.39, 0.29) is 0 Å². The van der Waals surface area contributed by atoms with Crippen LogP contribution in [0.3, 0.4) is 0 Å². The van der Waals surface area contributed by atoms with Crippen LogP contribution >= 0.6 is 0 Å². The maximum absolute atomic E-state index is 9.10. The summed E-state index contributed by atoms with van der Waals surface area (Å²) in [6, 6.07) is 0.386. The van der Waals surface area contributed by atoms with E-state index < -0.39 is 0 Å². The van der Waals surface area contributed by atoms with Crippen molar-refractivity contribution >= 4 is 0 Å². The number of piperidine rings is 1. The Kier molecular flexibility index (Phi) is 5.67. The molecule has 0 radical (unpaired) electrons. The second-order valence-corrected chi connectivity index (χ2v) is 7.16. The highest BCUT2D eigenvalue weighted by Gasteiger charge is 2.33. The fraction of sp³-hybridized carbons (Fsp3) is 1.00. The third-order valence-electron chi connectivity index (χ3n) is 5.34. The Morgan fingerprint density at radius 1 is 1.26 bits per heavy atom. The Hall–Kier alpha value is -0.120. The number of hydrogen-bond donors (Lipinski definition) is 2. The molecule has 1 aliphatic carbocycles.